The first-order chi connectivity index (χ1) is 29.9. The quantitative estimate of drug-likeness (QED) is 0.0287. The molecule has 0 aromatic heterocycles. The first kappa shape index (κ1) is 48.1. The molecule has 0 aliphatic heterocycles. The van der Waals surface area contributed by atoms with Crippen LogP contribution >= 0.6 is 0 Å². The van der Waals surface area contributed by atoms with Gasteiger partial charge in [0.25, 0.3) is 0 Å². The van der Waals surface area contributed by atoms with Crippen molar-refractivity contribution >= 4 is 17.9 Å². The topological polar surface area (TPSA) is 121 Å². The van der Waals surface area contributed by atoms with Gasteiger partial charge in [0.15, 0.2) is 5.75 Å². The van der Waals surface area contributed by atoms with Gasteiger partial charge in [0.05, 0.1) is 35.5 Å². The maximum absolute atomic E-state index is 13.0. The molecule has 0 radical (unpaired) electrons. The molecule has 4 aromatic carbocycles. The summed E-state index contributed by atoms with van der Waals surface area (Å²) in [5, 5.41) is 9.65. The van der Waals surface area contributed by atoms with Crippen LogP contribution in [0.3, 0.4) is 0 Å². The second kappa shape index (κ2) is 28.8. The number of carbonyl (C=O) groups is 3. The summed E-state index contributed by atoms with van der Waals surface area (Å²) in [7, 11) is 0. The molecule has 0 bridgehead atoms. The molecule has 0 aliphatic carbocycles. The van der Waals surface area contributed by atoms with Crippen LogP contribution in [0, 0.1) is 11.3 Å². The number of unbranched alkanes of at least 4 members (excludes halogenated alkanes) is 18. The predicted molar refractivity (Wildman–Crippen MR) is 240 cm³/mol. The summed E-state index contributed by atoms with van der Waals surface area (Å²) in [4.78, 5) is 38.8. The molecule has 9 nitrogen and oxygen atoms in total. The highest BCUT2D eigenvalue weighted by molar-refractivity contribution is 5.93. The average Bonchev–Trinajstić information content (AvgIpc) is 3.28. The Morgan fingerprint density at radius 2 is 0.738 bits per heavy atom. The number of hydrogen-bond donors (Lipinski definition) is 0. The van der Waals surface area contributed by atoms with Crippen molar-refractivity contribution in [3.8, 4) is 34.8 Å². The Morgan fingerprint density at radius 1 is 0.410 bits per heavy atom. The Hall–Kier alpha value is -5.62. The van der Waals surface area contributed by atoms with Gasteiger partial charge in [-0.2, -0.15) is 5.26 Å². The molecule has 326 valence electrons. The second-order valence-corrected chi connectivity index (χ2v) is 15.6. The third-order valence-corrected chi connectivity index (χ3v) is 10.5. The van der Waals surface area contributed by atoms with Gasteiger partial charge in [0, 0.05) is 6.07 Å². The summed E-state index contributed by atoms with van der Waals surface area (Å²) in [5.74, 6) is -0.256. The number of nitrogens with zero attached hydrogens (tertiary/aromatic N) is 1. The minimum absolute atomic E-state index is 0.0463. The second-order valence-electron chi connectivity index (χ2n) is 15.6. The maximum atomic E-state index is 13.0. The van der Waals surface area contributed by atoms with Crippen LogP contribution in [-0.4, -0.2) is 31.1 Å². The number of nitriles is 1. The highest BCUT2D eigenvalue weighted by Crippen LogP contribution is 2.27. The molecule has 0 saturated carbocycles. The lowest BCUT2D eigenvalue weighted by Crippen LogP contribution is -2.11. The molecule has 0 heterocycles. The molecule has 0 unspecified atom stereocenters. The zero-order chi connectivity index (χ0) is 43.3. The molecule has 4 aromatic rings. The van der Waals surface area contributed by atoms with Crippen LogP contribution in [0.15, 0.2) is 91.0 Å². The van der Waals surface area contributed by atoms with Crippen LogP contribution in [-0.2, 0) is 0 Å². The Labute approximate surface area is 363 Å². The third-order valence-electron chi connectivity index (χ3n) is 10.5. The predicted octanol–water partition coefficient (Wildman–Crippen LogP) is 13.8. The number of esters is 3. The van der Waals surface area contributed by atoms with Gasteiger partial charge in [-0.25, -0.2) is 14.4 Å². The third kappa shape index (κ3) is 18.7. The van der Waals surface area contributed by atoms with Gasteiger partial charge in [0.2, 0.25) is 0 Å². The van der Waals surface area contributed by atoms with Crippen molar-refractivity contribution in [1.29, 1.82) is 5.26 Å². The number of carbonyl (C=O) groups excluding carboxylic acids is 3. The SMILES string of the molecule is CCCCCCCCCCCCOc1ccc(C(=O)Oc2ccc(C(=O)Oc3ccc(C#N)c(OC(=O)c4ccc(OCCCCCCCCCCCC)cc4)c3)cc2)cc1. The molecule has 0 saturated heterocycles. The molecule has 0 fully saturated rings. The van der Waals surface area contributed by atoms with E-state index in [-0.39, 0.29) is 33.9 Å². The van der Waals surface area contributed by atoms with Crippen LogP contribution in [0.5, 0.6) is 28.7 Å². The normalized spacial score (nSPS) is 10.8. The van der Waals surface area contributed by atoms with E-state index in [9.17, 15) is 19.6 Å². The smallest absolute Gasteiger partial charge is 0.343 e. The number of ether oxygens (including phenoxy) is 5. The monoisotopic (exact) mass is 831 g/mol. The van der Waals surface area contributed by atoms with Gasteiger partial charge in [0.1, 0.15) is 29.1 Å². The summed E-state index contributed by atoms with van der Waals surface area (Å²) in [5.41, 5.74) is 0.941. The first-order valence-corrected chi connectivity index (χ1v) is 22.7. The van der Waals surface area contributed by atoms with Gasteiger partial charge in [-0.15, -0.1) is 0 Å². The molecule has 0 amide bonds. The summed E-state index contributed by atoms with van der Waals surface area (Å²) in [6, 6.07) is 25.6. The largest absolute Gasteiger partial charge is 0.494 e. The minimum atomic E-state index is -0.693. The van der Waals surface area contributed by atoms with E-state index in [1.54, 1.807) is 48.5 Å². The molecular weight excluding hydrogens is 767 g/mol. The summed E-state index contributed by atoms with van der Waals surface area (Å²) >= 11 is 0. The zero-order valence-electron chi connectivity index (χ0n) is 36.4. The zero-order valence-corrected chi connectivity index (χ0v) is 36.4. The van der Waals surface area contributed by atoms with Crippen molar-refractivity contribution in [3.05, 3.63) is 113 Å². The summed E-state index contributed by atoms with van der Waals surface area (Å²) in [6.07, 6.45) is 25.2. The van der Waals surface area contributed by atoms with Crippen molar-refractivity contribution in [3.63, 3.8) is 0 Å². The van der Waals surface area contributed by atoms with E-state index in [0.29, 0.717) is 30.3 Å². The van der Waals surface area contributed by atoms with Crippen LogP contribution in [0.1, 0.15) is 179 Å². The van der Waals surface area contributed by atoms with E-state index in [1.807, 2.05) is 6.07 Å². The maximum Gasteiger partial charge on any atom is 0.343 e. The standard InChI is InChI=1S/C52H65NO8/c1-3-5-7-9-11-13-15-17-19-21-37-57-45-30-23-41(24-31-45)50(54)59-47-34-27-42(28-35-47)51(55)60-48-36-29-44(40-53)49(39-48)61-52(56)43-25-32-46(33-26-43)58-38-22-20-18-16-14-12-10-8-6-4-2/h23-36,39H,3-22,37-38H2,1-2H3. The minimum Gasteiger partial charge on any atom is -0.494 e. The Morgan fingerprint density at radius 3 is 1.13 bits per heavy atom. The van der Waals surface area contributed by atoms with Crippen LogP contribution in [0.4, 0.5) is 0 Å². The van der Waals surface area contributed by atoms with Crippen LogP contribution in [0.25, 0.3) is 0 Å². The van der Waals surface area contributed by atoms with E-state index in [2.05, 4.69) is 13.8 Å². The van der Waals surface area contributed by atoms with Crippen molar-refractivity contribution in [2.75, 3.05) is 13.2 Å². The van der Waals surface area contributed by atoms with Gasteiger partial charge >= 0.3 is 17.9 Å². The molecule has 0 atom stereocenters. The van der Waals surface area contributed by atoms with Gasteiger partial charge < -0.3 is 23.7 Å². The molecule has 61 heavy (non-hydrogen) atoms. The van der Waals surface area contributed by atoms with E-state index in [4.69, 9.17) is 23.7 Å². The lowest BCUT2D eigenvalue weighted by Gasteiger charge is -2.10. The average molecular weight is 832 g/mol. The summed E-state index contributed by atoms with van der Waals surface area (Å²) < 4.78 is 28.3. The Kier molecular flexibility index (Phi) is 22.7. The van der Waals surface area contributed by atoms with Crippen LogP contribution < -0.4 is 23.7 Å². The highest BCUT2D eigenvalue weighted by atomic mass is 16.5. The van der Waals surface area contributed by atoms with Gasteiger partial charge in [-0.1, -0.05) is 129 Å². The fraction of sp³-hybridized carbons (Fsp3) is 0.462. The number of benzene rings is 4. The van der Waals surface area contributed by atoms with E-state index < -0.39 is 17.9 Å². The van der Waals surface area contributed by atoms with E-state index in [1.165, 1.54) is 145 Å². The van der Waals surface area contributed by atoms with E-state index >= 15 is 0 Å². The van der Waals surface area contributed by atoms with Crippen molar-refractivity contribution in [2.24, 2.45) is 0 Å². The van der Waals surface area contributed by atoms with Crippen molar-refractivity contribution < 1.29 is 38.1 Å². The Bertz CT molecular complexity index is 1920. The first-order valence-electron chi connectivity index (χ1n) is 22.7. The lowest BCUT2D eigenvalue weighted by molar-refractivity contribution is 0.0723. The number of rotatable bonds is 30. The molecular formula is C52H65NO8. The highest BCUT2D eigenvalue weighted by Gasteiger charge is 2.17. The molecule has 0 N–H and O–H groups in total. The van der Waals surface area contributed by atoms with Crippen molar-refractivity contribution in [2.45, 2.75) is 142 Å². The fourth-order valence-electron chi connectivity index (χ4n) is 6.83. The number of hydrogen-bond acceptors (Lipinski definition) is 9. The van der Waals surface area contributed by atoms with Crippen molar-refractivity contribution in [1.82, 2.24) is 0 Å². The fourth-order valence-corrected chi connectivity index (χ4v) is 6.83. The summed E-state index contributed by atoms with van der Waals surface area (Å²) in [6.45, 7) is 5.73. The van der Waals surface area contributed by atoms with Crippen LogP contribution in [0.2, 0.25) is 0 Å². The molecule has 0 aliphatic rings. The van der Waals surface area contributed by atoms with Gasteiger partial charge in [-0.05, 0) is 97.8 Å². The van der Waals surface area contributed by atoms with Gasteiger partial charge in [-0.3, -0.25) is 0 Å². The van der Waals surface area contributed by atoms with E-state index in [0.717, 1.165) is 25.7 Å². The Balaban J connectivity index is 1.16. The molecule has 0 spiro atoms. The lowest BCUT2D eigenvalue weighted by atomic mass is 10.1. The molecule has 4 rings (SSSR count). The molecule has 9 heteroatoms.